The first-order chi connectivity index (χ1) is 14.8. The molecule has 0 bridgehead atoms. The second-order valence-electron chi connectivity index (χ2n) is 7.13. The maximum absolute atomic E-state index is 9.21. The topological polar surface area (TPSA) is 85.7 Å². The highest BCUT2D eigenvalue weighted by Crippen LogP contribution is 2.39. The lowest BCUT2D eigenvalue weighted by Gasteiger charge is -2.48. The van der Waals surface area contributed by atoms with Crippen molar-refractivity contribution in [2.45, 2.75) is 49.6 Å². The van der Waals surface area contributed by atoms with Crippen molar-refractivity contribution in [1.29, 1.82) is 0 Å². The number of thioether (sulfide) groups is 1. The first-order valence-corrected chi connectivity index (χ1v) is 11.1. The van der Waals surface area contributed by atoms with Crippen LogP contribution in [0.25, 0.3) is 10.4 Å². The van der Waals surface area contributed by atoms with E-state index in [4.69, 9.17) is 18.9 Å². The molecule has 158 valence electrons. The number of hydrogen-bond donors (Lipinski definition) is 0. The standard InChI is InChI=1S/C22H25N3O4S/c1-2-30-22-18(24-25-23)20(26-13-15-9-5-3-6-10-15)19-17(28-22)14-27-21(29-19)16-11-7-4-8-12-16/h3-12,17-22H,2,13-14H2,1H3/t17-,18-,19-,20-,21?,22+/m1/s1. The summed E-state index contributed by atoms with van der Waals surface area (Å²) >= 11 is 1.60. The van der Waals surface area contributed by atoms with Crippen molar-refractivity contribution in [3.63, 3.8) is 0 Å². The van der Waals surface area contributed by atoms with E-state index < -0.39 is 24.5 Å². The molecule has 2 aromatic rings. The van der Waals surface area contributed by atoms with E-state index in [2.05, 4.69) is 10.0 Å². The van der Waals surface area contributed by atoms with E-state index in [1.165, 1.54) is 0 Å². The third kappa shape index (κ3) is 4.81. The van der Waals surface area contributed by atoms with Crippen LogP contribution >= 0.6 is 11.8 Å². The predicted octanol–water partition coefficient (Wildman–Crippen LogP) is 4.84. The van der Waals surface area contributed by atoms with Crippen molar-refractivity contribution in [2.24, 2.45) is 5.11 Å². The smallest absolute Gasteiger partial charge is 0.184 e. The fourth-order valence-corrected chi connectivity index (χ4v) is 4.74. The van der Waals surface area contributed by atoms with Gasteiger partial charge >= 0.3 is 0 Å². The molecule has 2 fully saturated rings. The minimum absolute atomic E-state index is 0.292. The molecule has 0 amide bonds. The summed E-state index contributed by atoms with van der Waals surface area (Å²) in [4.78, 5) is 3.08. The second-order valence-corrected chi connectivity index (χ2v) is 8.51. The molecule has 2 saturated heterocycles. The van der Waals surface area contributed by atoms with Crippen molar-refractivity contribution in [2.75, 3.05) is 12.4 Å². The van der Waals surface area contributed by atoms with Crippen LogP contribution in [0.3, 0.4) is 0 Å². The molecule has 0 spiro atoms. The Labute approximate surface area is 180 Å². The zero-order chi connectivity index (χ0) is 20.8. The van der Waals surface area contributed by atoms with Crippen LogP contribution < -0.4 is 0 Å². The fourth-order valence-electron chi connectivity index (χ4n) is 3.78. The molecule has 0 aromatic heterocycles. The number of fused-ring (bicyclic) bond motifs is 1. The lowest BCUT2D eigenvalue weighted by Crippen LogP contribution is -2.61. The van der Waals surface area contributed by atoms with Crippen molar-refractivity contribution in [3.05, 3.63) is 82.2 Å². The summed E-state index contributed by atoms with van der Waals surface area (Å²) < 4.78 is 24.8. The summed E-state index contributed by atoms with van der Waals surface area (Å²) in [5.74, 6) is 0.833. The molecule has 1 unspecified atom stereocenters. The fraction of sp³-hybridized carbons (Fsp3) is 0.455. The van der Waals surface area contributed by atoms with Crippen LogP contribution in [0.15, 0.2) is 65.8 Å². The van der Waals surface area contributed by atoms with E-state index in [0.29, 0.717) is 13.2 Å². The van der Waals surface area contributed by atoms with Crippen LogP contribution in [0, 0.1) is 0 Å². The Morgan fingerprint density at radius 1 is 1.10 bits per heavy atom. The Hall–Kier alpha value is -2.06. The molecule has 2 heterocycles. The summed E-state index contributed by atoms with van der Waals surface area (Å²) in [5.41, 5.74) is 10.9. The summed E-state index contributed by atoms with van der Waals surface area (Å²) in [6.45, 7) is 2.83. The van der Waals surface area contributed by atoms with Crippen LogP contribution in [-0.2, 0) is 25.6 Å². The van der Waals surface area contributed by atoms with Gasteiger partial charge in [-0.15, -0.1) is 11.8 Å². The van der Waals surface area contributed by atoms with Gasteiger partial charge in [0.15, 0.2) is 6.29 Å². The zero-order valence-corrected chi connectivity index (χ0v) is 17.6. The summed E-state index contributed by atoms with van der Waals surface area (Å²) in [6, 6.07) is 19.2. The number of nitrogens with zero attached hydrogens (tertiary/aromatic N) is 3. The van der Waals surface area contributed by atoms with E-state index in [1.807, 2.05) is 67.6 Å². The van der Waals surface area contributed by atoms with Gasteiger partial charge in [-0.2, -0.15) is 0 Å². The summed E-state index contributed by atoms with van der Waals surface area (Å²) in [7, 11) is 0. The van der Waals surface area contributed by atoms with Gasteiger partial charge in [0, 0.05) is 10.5 Å². The molecule has 0 saturated carbocycles. The van der Waals surface area contributed by atoms with Crippen LogP contribution in [0.2, 0.25) is 0 Å². The van der Waals surface area contributed by atoms with Gasteiger partial charge in [-0.1, -0.05) is 72.7 Å². The molecule has 2 aromatic carbocycles. The van der Waals surface area contributed by atoms with Gasteiger partial charge in [0.25, 0.3) is 0 Å². The molecule has 2 aliphatic rings. The summed E-state index contributed by atoms with van der Waals surface area (Å²) in [5, 5.41) is 4.06. The third-order valence-electron chi connectivity index (χ3n) is 5.18. The zero-order valence-electron chi connectivity index (χ0n) is 16.7. The van der Waals surface area contributed by atoms with Crippen LogP contribution in [0.5, 0.6) is 0 Å². The average molecular weight is 428 g/mol. The molecule has 0 aliphatic carbocycles. The van der Waals surface area contributed by atoms with Gasteiger partial charge in [-0.05, 0) is 16.8 Å². The van der Waals surface area contributed by atoms with E-state index >= 15 is 0 Å². The van der Waals surface area contributed by atoms with Gasteiger partial charge in [0.05, 0.1) is 19.3 Å². The van der Waals surface area contributed by atoms with Gasteiger partial charge < -0.3 is 18.9 Å². The molecule has 30 heavy (non-hydrogen) atoms. The second kappa shape index (κ2) is 10.3. The van der Waals surface area contributed by atoms with Gasteiger partial charge in [0.1, 0.15) is 23.7 Å². The van der Waals surface area contributed by atoms with E-state index in [1.54, 1.807) is 11.8 Å². The average Bonchev–Trinajstić information content (AvgIpc) is 2.80. The minimum Gasteiger partial charge on any atom is -0.370 e. The first kappa shape index (κ1) is 21.2. The van der Waals surface area contributed by atoms with Crippen molar-refractivity contribution in [3.8, 4) is 0 Å². The van der Waals surface area contributed by atoms with E-state index in [-0.39, 0.29) is 11.5 Å². The normalized spacial score (nSPS) is 30.8. The molecule has 0 radical (unpaired) electrons. The minimum atomic E-state index is -0.513. The molecule has 8 heteroatoms. The number of rotatable bonds is 7. The predicted molar refractivity (Wildman–Crippen MR) is 115 cm³/mol. The van der Waals surface area contributed by atoms with Crippen LogP contribution in [0.1, 0.15) is 24.3 Å². The molecule has 2 aliphatic heterocycles. The van der Waals surface area contributed by atoms with Gasteiger partial charge in [-0.3, -0.25) is 0 Å². The highest BCUT2D eigenvalue weighted by molar-refractivity contribution is 7.99. The number of hydrogen-bond acceptors (Lipinski definition) is 6. The largest absolute Gasteiger partial charge is 0.370 e. The van der Waals surface area contributed by atoms with E-state index in [0.717, 1.165) is 16.9 Å². The third-order valence-corrected chi connectivity index (χ3v) is 6.23. The van der Waals surface area contributed by atoms with Gasteiger partial charge in [-0.25, -0.2) is 0 Å². The highest BCUT2D eigenvalue weighted by Gasteiger charge is 2.50. The monoisotopic (exact) mass is 427 g/mol. The van der Waals surface area contributed by atoms with Crippen LogP contribution in [-0.4, -0.2) is 42.1 Å². The lowest BCUT2D eigenvalue weighted by molar-refractivity contribution is -0.311. The molecule has 7 nitrogen and oxygen atoms in total. The van der Waals surface area contributed by atoms with Crippen LogP contribution in [0.4, 0.5) is 0 Å². The highest BCUT2D eigenvalue weighted by atomic mass is 32.2. The molecule has 4 rings (SSSR count). The van der Waals surface area contributed by atoms with Crippen molar-refractivity contribution < 1.29 is 18.9 Å². The molecular weight excluding hydrogens is 402 g/mol. The lowest BCUT2D eigenvalue weighted by atomic mass is 9.97. The first-order valence-electron chi connectivity index (χ1n) is 10.1. The number of azide groups is 1. The SMILES string of the molecule is CCS[C@@H]1O[C@@H]2COC(c3ccccc3)O[C@H]2[C@H](OCc2ccccc2)[C@H]1N=[N+]=[N-]. The maximum atomic E-state index is 9.21. The Bertz CT molecular complexity index is 850. The number of benzene rings is 2. The Balaban J connectivity index is 1.59. The molecule has 0 N–H and O–H groups in total. The maximum Gasteiger partial charge on any atom is 0.184 e. The van der Waals surface area contributed by atoms with E-state index in [9.17, 15) is 5.53 Å². The Kier molecular flexibility index (Phi) is 7.28. The van der Waals surface area contributed by atoms with Gasteiger partial charge in [0.2, 0.25) is 0 Å². The van der Waals surface area contributed by atoms with Crippen molar-refractivity contribution in [1.82, 2.24) is 0 Å². The molecule has 6 atom stereocenters. The number of ether oxygens (including phenoxy) is 4. The Morgan fingerprint density at radius 3 is 2.53 bits per heavy atom. The quantitative estimate of drug-likeness (QED) is 0.358. The molecular formula is C22H25N3O4S. The summed E-state index contributed by atoms with van der Waals surface area (Å²) in [6.07, 6.45) is -1.66. The van der Waals surface area contributed by atoms with Crippen molar-refractivity contribution >= 4 is 11.8 Å². The Morgan fingerprint density at radius 2 is 1.83 bits per heavy atom.